The summed E-state index contributed by atoms with van der Waals surface area (Å²) in [6.45, 7) is 3.84. The highest BCUT2D eigenvalue weighted by Crippen LogP contribution is 2.13. The van der Waals surface area contributed by atoms with E-state index in [2.05, 4.69) is 10.2 Å². The second-order valence-electron chi connectivity index (χ2n) is 3.06. The summed E-state index contributed by atoms with van der Waals surface area (Å²) < 4.78 is 1.41. The van der Waals surface area contributed by atoms with Gasteiger partial charge < -0.3 is 5.11 Å². The molecule has 0 aliphatic heterocycles. The lowest BCUT2D eigenvalue weighted by Gasteiger charge is -2.17. The lowest BCUT2D eigenvalue weighted by Crippen LogP contribution is -2.27. The number of H-pyrrole nitrogens is 1. The van der Waals surface area contributed by atoms with Crippen LogP contribution in [0.25, 0.3) is 0 Å². The summed E-state index contributed by atoms with van der Waals surface area (Å²) >= 11 is 0. The highest BCUT2D eigenvalue weighted by molar-refractivity contribution is 4.75. The molecule has 0 fully saturated rings. The number of nitrogens with one attached hydrogen (secondary N) is 1. The summed E-state index contributed by atoms with van der Waals surface area (Å²) in [5, 5.41) is 14.9. The van der Waals surface area contributed by atoms with Gasteiger partial charge in [-0.1, -0.05) is 13.8 Å². The quantitative estimate of drug-likeness (QED) is 0.659. The van der Waals surface area contributed by atoms with Gasteiger partial charge in [-0.2, -0.15) is 5.10 Å². The number of rotatable bonds is 3. The summed E-state index contributed by atoms with van der Waals surface area (Å²) in [7, 11) is 0. The van der Waals surface area contributed by atoms with Gasteiger partial charge in [-0.05, 0) is 5.92 Å². The Kier molecular flexibility index (Phi) is 2.65. The first kappa shape index (κ1) is 8.99. The first-order chi connectivity index (χ1) is 5.66. The van der Waals surface area contributed by atoms with Crippen molar-refractivity contribution in [3.05, 3.63) is 16.8 Å². The molecule has 0 spiro atoms. The zero-order valence-corrected chi connectivity index (χ0v) is 7.19. The average Bonchev–Trinajstić information content (AvgIpc) is 2.38. The van der Waals surface area contributed by atoms with E-state index in [0.717, 1.165) is 0 Å². The molecule has 5 heteroatoms. The van der Waals surface area contributed by atoms with Gasteiger partial charge in [0.25, 0.3) is 0 Å². The van der Waals surface area contributed by atoms with Crippen LogP contribution in [0.2, 0.25) is 0 Å². The van der Waals surface area contributed by atoms with E-state index in [9.17, 15) is 4.79 Å². The molecule has 1 aromatic heterocycles. The largest absolute Gasteiger partial charge is 0.394 e. The van der Waals surface area contributed by atoms with Gasteiger partial charge >= 0.3 is 5.69 Å². The Bertz CT molecular complexity index is 289. The fraction of sp³-hybridized carbons (Fsp3) is 0.714. The van der Waals surface area contributed by atoms with Crippen molar-refractivity contribution in [3.8, 4) is 0 Å². The Morgan fingerprint density at radius 1 is 1.75 bits per heavy atom. The van der Waals surface area contributed by atoms with E-state index in [1.165, 1.54) is 10.9 Å². The molecule has 1 heterocycles. The Hall–Kier alpha value is -1.10. The molecule has 1 atom stereocenters. The van der Waals surface area contributed by atoms with Crippen LogP contribution in [0.5, 0.6) is 0 Å². The number of aliphatic hydroxyl groups is 1. The molecule has 0 aliphatic carbocycles. The normalized spacial score (nSPS) is 13.7. The van der Waals surface area contributed by atoms with Crippen LogP contribution in [0, 0.1) is 5.92 Å². The van der Waals surface area contributed by atoms with Crippen LogP contribution in [0.3, 0.4) is 0 Å². The molecule has 0 saturated heterocycles. The van der Waals surface area contributed by atoms with Crippen molar-refractivity contribution >= 4 is 0 Å². The minimum atomic E-state index is -0.275. The molecule has 0 aliphatic rings. The van der Waals surface area contributed by atoms with E-state index in [4.69, 9.17) is 5.11 Å². The maximum Gasteiger partial charge on any atom is 0.343 e. The van der Waals surface area contributed by atoms with Crippen LogP contribution >= 0.6 is 0 Å². The average molecular weight is 171 g/mol. The van der Waals surface area contributed by atoms with Crippen molar-refractivity contribution in [2.45, 2.75) is 19.9 Å². The molecule has 0 saturated carbocycles. The van der Waals surface area contributed by atoms with E-state index in [-0.39, 0.29) is 24.3 Å². The molecule has 5 nitrogen and oxygen atoms in total. The van der Waals surface area contributed by atoms with Gasteiger partial charge in [0.05, 0.1) is 12.6 Å². The summed E-state index contributed by atoms with van der Waals surface area (Å²) in [5.74, 6) is 0.213. The molecule has 1 unspecified atom stereocenters. The number of nitrogens with zero attached hydrogens (tertiary/aromatic N) is 2. The van der Waals surface area contributed by atoms with Crippen LogP contribution in [-0.4, -0.2) is 26.5 Å². The Morgan fingerprint density at radius 3 is 2.75 bits per heavy atom. The second-order valence-corrected chi connectivity index (χ2v) is 3.06. The highest BCUT2D eigenvalue weighted by atomic mass is 16.3. The Balaban J connectivity index is 2.95. The van der Waals surface area contributed by atoms with Crippen LogP contribution in [-0.2, 0) is 0 Å². The first-order valence-corrected chi connectivity index (χ1v) is 3.89. The zero-order chi connectivity index (χ0) is 9.14. The fourth-order valence-electron chi connectivity index (χ4n) is 1.11. The number of aromatic nitrogens is 3. The van der Waals surface area contributed by atoms with Crippen LogP contribution in [0.15, 0.2) is 11.1 Å². The summed E-state index contributed by atoms with van der Waals surface area (Å²) in [6, 6.07) is -0.184. The minimum Gasteiger partial charge on any atom is -0.394 e. The van der Waals surface area contributed by atoms with E-state index < -0.39 is 0 Å². The topological polar surface area (TPSA) is 70.9 Å². The summed E-state index contributed by atoms with van der Waals surface area (Å²) in [4.78, 5) is 11.1. The number of aliphatic hydroxyl groups excluding tert-OH is 1. The Labute approximate surface area is 70.0 Å². The van der Waals surface area contributed by atoms with Gasteiger partial charge in [-0.25, -0.2) is 9.89 Å². The Morgan fingerprint density at radius 2 is 2.42 bits per heavy atom. The van der Waals surface area contributed by atoms with Crippen LogP contribution < -0.4 is 5.69 Å². The lowest BCUT2D eigenvalue weighted by molar-refractivity contribution is 0.190. The van der Waals surface area contributed by atoms with Crippen molar-refractivity contribution in [1.29, 1.82) is 0 Å². The van der Waals surface area contributed by atoms with Crippen molar-refractivity contribution < 1.29 is 5.11 Å². The molecule has 1 aromatic rings. The minimum absolute atomic E-state index is 0.0445. The van der Waals surface area contributed by atoms with Gasteiger partial charge in [0.2, 0.25) is 0 Å². The van der Waals surface area contributed by atoms with Gasteiger partial charge in [0, 0.05) is 0 Å². The predicted molar refractivity (Wildman–Crippen MR) is 43.8 cm³/mol. The van der Waals surface area contributed by atoms with E-state index in [0.29, 0.717) is 0 Å². The zero-order valence-electron chi connectivity index (χ0n) is 7.19. The first-order valence-electron chi connectivity index (χ1n) is 3.89. The van der Waals surface area contributed by atoms with Gasteiger partial charge in [-0.15, -0.1) is 0 Å². The third kappa shape index (κ3) is 1.55. The molecule has 0 aromatic carbocycles. The molecule has 12 heavy (non-hydrogen) atoms. The maximum absolute atomic E-state index is 11.1. The monoisotopic (exact) mass is 171 g/mol. The predicted octanol–water partition coefficient (Wildman–Crippen LogP) is -0.239. The van der Waals surface area contributed by atoms with E-state index in [1.807, 2.05) is 13.8 Å². The molecule has 0 radical (unpaired) electrons. The SMILES string of the molecule is CC(C)C(CO)n1cn[nH]c1=O. The lowest BCUT2D eigenvalue weighted by atomic mass is 10.1. The molecular weight excluding hydrogens is 158 g/mol. The van der Waals surface area contributed by atoms with Crippen LogP contribution in [0.4, 0.5) is 0 Å². The van der Waals surface area contributed by atoms with E-state index in [1.54, 1.807) is 0 Å². The summed E-state index contributed by atoms with van der Waals surface area (Å²) in [5.41, 5.74) is -0.275. The van der Waals surface area contributed by atoms with Gasteiger partial charge in [0.15, 0.2) is 0 Å². The highest BCUT2D eigenvalue weighted by Gasteiger charge is 2.15. The smallest absolute Gasteiger partial charge is 0.343 e. The molecule has 0 amide bonds. The van der Waals surface area contributed by atoms with Crippen molar-refractivity contribution in [2.24, 2.45) is 5.92 Å². The number of hydrogen-bond acceptors (Lipinski definition) is 3. The molecule has 68 valence electrons. The van der Waals surface area contributed by atoms with E-state index >= 15 is 0 Å². The second kappa shape index (κ2) is 3.53. The third-order valence-electron chi connectivity index (χ3n) is 1.89. The van der Waals surface area contributed by atoms with Crippen molar-refractivity contribution in [1.82, 2.24) is 14.8 Å². The standard InChI is InChI=1S/C7H13N3O2/c1-5(2)6(3-11)10-4-8-9-7(10)12/h4-6,11H,3H2,1-2H3,(H,9,12). The molecule has 1 rings (SSSR count). The van der Waals surface area contributed by atoms with Crippen LogP contribution in [0.1, 0.15) is 19.9 Å². The molecule has 0 bridgehead atoms. The van der Waals surface area contributed by atoms with Gasteiger partial charge in [0.1, 0.15) is 6.33 Å². The van der Waals surface area contributed by atoms with Crippen molar-refractivity contribution in [2.75, 3.05) is 6.61 Å². The number of aromatic amines is 1. The summed E-state index contributed by atoms with van der Waals surface area (Å²) in [6.07, 6.45) is 1.41. The fourth-order valence-corrected chi connectivity index (χ4v) is 1.11. The van der Waals surface area contributed by atoms with Crippen molar-refractivity contribution in [3.63, 3.8) is 0 Å². The van der Waals surface area contributed by atoms with Gasteiger partial charge in [-0.3, -0.25) is 4.57 Å². The maximum atomic E-state index is 11.1. The third-order valence-corrected chi connectivity index (χ3v) is 1.89. The molecular formula is C7H13N3O2. The molecule has 2 N–H and O–H groups in total. The number of hydrogen-bond donors (Lipinski definition) is 2.